The molecule has 1 N–H and O–H groups in total. The number of hydrogen-bond acceptors (Lipinski definition) is 10. The number of H-pyrrole nitrogens is 1. The summed E-state index contributed by atoms with van der Waals surface area (Å²) in [6.07, 6.45) is 3.32. The van der Waals surface area contributed by atoms with Crippen molar-refractivity contribution in [2.45, 2.75) is 55.0 Å². The van der Waals surface area contributed by atoms with Gasteiger partial charge in [0.2, 0.25) is 0 Å². The molecule has 1 aliphatic heterocycles. The summed E-state index contributed by atoms with van der Waals surface area (Å²) < 4.78 is 13.4. The van der Waals surface area contributed by atoms with Gasteiger partial charge in [-0.3, -0.25) is 14.2 Å². The van der Waals surface area contributed by atoms with E-state index in [1.807, 2.05) is 30.5 Å². The van der Waals surface area contributed by atoms with Gasteiger partial charge in [-0.1, -0.05) is 23.5 Å². The Morgan fingerprint density at radius 1 is 1.18 bits per heavy atom. The van der Waals surface area contributed by atoms with Crippen molar-refractivity contribution >= 4 is 46.9 Å². The molecule has 9 nitrogen and oxygen atoms in total. The number of carbonyl (C=O) groups is 1. The second-order valence-corrected chi connectivity index (χ2v) is 12.1. The zero-order chi connectivity index (χ0) is 28.6. The molecule has 4 aromatic rings. The van der Waals surface area contributed by atoms with Crippen LogP contribution in [0, 0.1) is 6.92 Å². The van der Waals surface area contributed by atoms with Crippen molar-refractivity contribution in [3.05, 3.63) is 101 Å². The summed E-state index contributed by atoms with van der Waals surface area (Å²) in [5.74, 6) is -0.0428. The maximum Gasteiger partial charge on any atom is 0.338 e. The van der Waals surface area contributed by atoms with Crippen LogP contribution in [0.1, 0.15) is 43.8 Å². The van der Waals surface area contributed by atoms with Crippen LogP contribution in [0.4, 0.5) is 0 Å². The molecule has 0 bridgehead atoms. The number of benzene rings is 1. The molecule has 206 valence electrons. The summed E-state index contributed by atoms with van der Waals surface area (Å²) in [5, 5.41) is 0.920. The standard InChI is InChI=1S/C28H26N4O5S3/c1-14(2)36-26(35)23-16(4)30-28-32(24(23)17-6-9-19(38-5)10-7-17)25(34)20(39-28)13-18-8-11-22(37-18)40-27-29-15(3)12-21(33)31-27/h6-14,24H,1-5H3,(H,29,31,33)/b20-13-/t24-/m1/s1. The highest BCUT2D eigenvalue weighted by Crippen LogP contribution is 2.32. The fourth-order valence-corrected chi connectivity index (χ4v) is 6.49. The van der Waals surface area contributed by atoms with Gasteiger partial charge in [0.25, 0.3) is 11.1 Å². The molecule has 0 spiro atoms. The number of aromatic nitrogens is 3. The summed E-state index contributed by atoms with van der Waals surface area (Å²) in [6, 6.07) is 12.0. The van der Waals surface area contributed by atoms with Gasteiger partial charge in [0.05, 0.1) is 27.9 Å². The number of esters is 1. The van der Waals surface area contributed by atoms with Gasteiger partial charge in [-0.25, -0.2) is 14.8 Å². The Labute approximate surface area is 241 Å². The van der Waals surface area contributed by atoms with Crippen LogP contribution in [0.25, 0.3) is 6.08 Å². The first-order valence-corrected chi connectivity index (χ1v) is 15.2. The van der Waals surface area contributed by atoms with Crippen molar-refractivity contribution in [3.63, 3.8) is 0 Å². The van der Waals surface area contributed by atoms with E-state index in [0.717, 1.165) is 10.5 Å². The number of rotatable bonds is 7. The number of ether oxygens (including phenoxy) is 1. The minimum absolute atomic E-state index is 0.243. The van der Waals surface area contributed by atoms with Gasteiger partial charge < -0.3 is 14.1 Å². The predicted octanol–water partition coefficient (Wildman–Crippen LogP) is 4.04. The Morgan fingerprint density at radius 2 is 1.93 bits per heavy atom. The summed E-state index contributed by atoms with van der Waals surface area (Å²) in [4.78, 5) is 51.9. The number of aryl methyl sites for hydroxylation is 1. The lowest BCUT2D eigenvalue weighted by molar-refractivity contribution is -0.143. The third-order valence-electron chi connectivity index (χ3n) is 5.94. The quantitative estimate of drug-likeness (QED) is 0.193. The Bertz CT molecular complexity index is 1860. The molecule has 0 unspecified atom stereocenters. The van der Waals surface area contributed by atoms with Gasteiger partial charge in [-0.05, 0) is 75.5 Å². The third-order valence-corrected chi connectivity index (χ3v) is 8.47. The number of allylic oxidation sites excluding steroid dienone is 1. The monoisotopic (exact) mass is 594 g/mol. The van der Waals surface area contributed by atoms with Crippen molar-refractivity contribution in [2.75, 3.05) is 6.26 Å². The van der Waals surface area contributed by atoms with E-state index >= 15 is 0 Å². The second-order valence-electron chi connectivity index (χ2n) is 9.26. The van der Waals surface area contributed by atoms with Crippen LogP contribution in [0.15, 0.2) is 87.9 Å². The highest BCUT2D eigenvalue weighted by molar-refractivity contribution is 7.99. The van der Waals surface area contributed by atoms with Crippen LogP contribution >= 0.6 is 34.9 Å². The van der Waals surface area contributed by atoms with Gasteiger partial charge >= 0.3 is 5.97 Å². The summed E-state index contributed by atoms with van der Waals surface area (Å²) in [7, 11) is 0. The highest BCUT2D eigenvalue weighted by atomic mass is 32.2. The maximum atomic E-state index is 13.8. The maximum absolute atomic E-state index is 13.8. The Kier molecular flexibility index (Phi) is 8.02. The Hall–Kier alpha value is -3.61. The molecule has 0 amide bonds. The second kappa shape index (κ2) is 11.5. The molecule has 0 saturated carbocycles. The van der Waals surface area contributed by atoms with E-state index < -0.39 is 12.0 Å². The Morgan fingerprint density at radius 3 is 2.60 bits per heavy atom. The third kappa shape index (κ3) is 5.79. The number of nitrogens with one attached hydrogen (secondary N) is 1. The van der Waals surface area contributed by atoms with Crippen molar-refractivity contribution < 1.29 is 13.9 Å². The van der Waals surface area contributed by atoms with E-state index in [2.05, 4.69) is 15.0 Å². The van der Waals surface area contributed by atoms with Crippen LogP contribution in [0.5, 0.6) is 0 Å². The molecule has 5 rings (SSSR count). The summed E-state index contributed by atoms with van der Waals surface area (Å²) in [5.41, 5.74) is 1.69. The van der Waals surface area contributed by atoms with Gasteiger partial charge in [0.15, 0.2) is 15.1 Å². The van der Waals surface area contributed by atoms with Crippen LogP contribution in [-0.2, 0) is 9.53 Å². The van der Waals surface area contributed by atoms with Gasteiger partial charge in [-0.2, -0.15) is 0 Å². The SMILES string of the molecule is CSc1ccc([C@@H]2C(C(=O)OC(C)C)=C(C)N=c3s/c(=C\c4ccc(Sc5nc(C)cc(=O)[nH]5)o4)c(=O)n32)cc1. The molecular formula is C28H26N4O5S3. The molecule has 1 aromatic carbocycles. The molecule has 1 atom stereocenters. The Balaban J connectivity index is 1.57. The molecule has 0 fully saturated rings. The minimum Gasteiger partial charge on any atom is -0.459 e. The average molecular weight is 595 g/mol. The molecular weight excluding hydrogens is 569 g/mol. The van der Waals surface area contributed by atoms with E-state index in [0.29, 0.717) is 42.3 Å². The van der Waals surface area contributed by atoms with E-state index in [-0.39, 0.29) is 17.2 Å². The molecule has 4 heterocycles. The largest absolute Gasteiger partial charge is 0.459 e. The smallest absolute Gasteiger partial charge is 0.338 e. The zero-order valence-corrected chi connectivity index (χ0v) is 24.8. The first-order chi connectivity index (χ1) is 19.1. The number of carbonyl (C=O) groups excluding carboxylic acids is 1. The fraction of sp³-hybridized carbons (Fsp3) is 0.250. The topological polar surface area (TPSA) is 120 Å². The van der Waals surface area contributed by atoms with E-state index in [1.165, 1.54) is 29.2 Å². The first kappa shape index (κ1) is 27.9. The van der Waals surface area contributed by atoms with E-state index in [9.17, 15) is 14.4 Å². The zero-order valence-electron chi connectivity index (χ0n) is 22.4. The first-order valence-electron chi connectivity index (χ1n) is 12.4. The van der Waals surface area contributed by atoms with E-state index in [1.54, 1.807) is 62.2 Å². The van der Waals surface area contributed by atoms with E-state index in [4.69, 9.17) is 9.15 Å². The number of hydrogen-bond donors (Lipinski definition) is 1. The number of fused-ring (bicyclic) bond motifs is 1. The predicted molar refractivity (Wildman–Crippen MR) is 156 cm³/mol. The van der Waals surface area contributed by atoms with Gasteiger partial charge in [-0.15, -0.1) is 11.8 Å². The van der Waals surface area contributed by atoms with Crippen LogP contribution < -0.4 is 20.5 Å². The fourth-order valence-electron chi connectivity index (χ4n) is 4.25. The van der Waals surface area contributed by atoms with Gasteiger partial charge in [0, 0.05) is 22.7 Å². The molecule has 0 aliphatic carbocycles. The minimum atomic E-state index is -0.688. The summed E-state index contributed by atoms with van der Waals surface area (Å²) in [6.45, 7) is 7.07. The van der Waals surface area contributed by atoms with Gasteiger partial charge in [0.1, 0.15) is 5.76 Å². The van der Waals surface area contributed by atoms with Crippen molar-refractivity contribution in [3.8, 4) is 0 Å². The molecule has 1 aliphatic rings. The van der Waals surface area contributed by atoms with Crippen LogP contribution in [0.2, 0.25) is 0 Å². The molecule has 3 aromatic heterocycles. The number of thioether (sulfide) groups is 1. The molecule has 0 radical (unpaired) electrons. The van der Waals surface area contributed by atoms with Crippen molar-refractivity contribution in [1.82, 2.24) is 14.5 Å². The lowest BCUT2D eigenvalue weighted by atomic mass is 9.96. The lowest BCUT2D eigenvalue weighted by Gasteiger charge is -2.25. The summed E-state index contributed by atoms with van der Waals surface area (Å²) >= 11 is 4.01. The number of furan rings is 1. The van der Waals surface area contributed by atoms with Crippen LogP contribution in [-0.4, -0.2) is 32.9 Å². The van der Waals surface area contributed by atoms with Crippen LogP contribution in [0.3, 0.4) is 0 Å². The van der Waals surface area contributed by atoms with Crippen molar-refractivity contribution in [2.24, 2.45) is 4.99 Å². The molecule has 0 saturated heterocycles. The number of aromatic amines is 1. The highest BCUT2D eigenvalue weighted by Gasteiger charge is 2.33. The average Bonchev–Trinajstić information content (AvgIpc) is 3.45. The number of thiazole rings is 1. The van der Waals surface area contributed by atoms with Crippen molar-refractivity contribution in [1.29, 1.82) is 0 Å². The molecule has 40 heavy (non-hydrogen) atoms. The lowest BCUT2D eigenvalue weighted by Crippen LogP contribution is -2.40. The normalized spacial score (nSPS) is 15.3. The molecule has 12 heteroatoms. The number of nitrogens with zero attached hydrogens (tertiary/aromatic N) is 3.